The molecule has 0 bridgehead atoms. The third-order valence-electron chi connectivity index (χ3n) is 7.26. The monoisotopic (exact) mass is 698 g/mol. The molecule has 0 spiro atoms. The molecule has 274 valence electrons. The predicted molar refractivity (Wildman–Crippen MR) is 192 cm³/mol. The van der Waals surface area contributed by atoms with Gasteiger partial charge in [-0.3, -0.25) is 19.3 Å². The molecule has 4 unspecified atom stereocenters. The smallest absolute Gasteiger partial charge is 0.407 e. The van der Waals surface area contributed by atoms with Gasteiger partial charge >= 0.3 is 6.09 Å². The fraction of sp³-hybridized carbons (Fsp3) is 0.853. The summed E-state index contributed by atoms with van der Waals surface area (Å²) in [4.78, 5) is 57.8. The van der Waals surface area contributed by atoms with Crippen molar-refractivity contribution in [3.05, 3.63) is 0 Å². The molecule has 2 fully saturated rings. The van der Waals surface area contributed by atoms with E-state index in [0.717, 1.165) is 44.4 Å². The summed E-state index contributed by atoms with van der Waals surface area (Å²) in [5, 5.41) is 5.29. The standard InChI is InChI=1S/C12H23NO3.C10H17N3O3.C6H12.C3H8.C2H6.CH2Cl2/c1-6-9(3)16-11(15)13-10(8-14)12(4,5)7-2;1-6(8(14)9(11)15)12-10(16)7-4-3-5-13(7)2;1-2-3-6-4-5-6;1-3-2;1-2;2-1-3/h8-10H,6-7H2,1-5H3,(H,13,15);6-7H,3-5H2,1-2H3,(H2,11,15)(H,12,16);6H,2-5H2,1H3;3H2,1-2H3;1-2H3;1H2. The average Bonchev–Trinajstić information content (AvgIpc) is 3.73. The van der Waals surface area contributed by atoms with Gasteiger partial charge in [-0.05, 0) is 64.5 Å². The van der Waals surface area contributed by atoms with Crippen LogP contribution in [0.15, 0.2) is 0 Å². The molecule has 1 aliphatic heterocycles. The number of hydrogen-bond donors (Lipinski definition) is 3. The first-order valence-corrected chi connectivity index (χ1v) is 18.0. The largest absolute Gasteiger partial charge is 0.447 e. The number of halogens is 2. The highest BCUT2D eigenvalue weighted by molar-refractivity contribution is 6.40. The lowest BCUT2D eigenvalue weighted by molar-refractivity contribution is -0.138. The van der Waals surface area contributed by atoms with Gasteiger partial charge in [-0.1, -0.05) is 94.4 Å². The fourth-order valence-electron chi connectivity index (χ4n) is 3.71. The van der Waals surface area contributed by atoms with Crippen LogP contribution in [0.25, 0.3) is 0 Å². The molecule has 2 rings (SSSR count). The Morgan fingerprint density at radius 1 is 1.00 bits per heavy atom. The van der Waals surface area contributed by atoms with Crippen molar-refractivity contribution in [3.8, 4) is 0 Å². The lowest BCUT2D eigenvalue weighted by Gasteiger charge is -2.29. The number of nitrogens with one attached hydrogen (secondary N) is 2. The van der Waals surface area contributed by atoms with Gasteiger partial charge in [-0.25, -0.2) is 4.79 Å². The van der Waals surface area contributed by atoms with Crippen molar-refractivity contribution in [2.45, 2.75) is 158 Å². The van der Waals surface area contributed by atoms with E-state index in [4.69, 9.17) is 33.7 Å². The number of alkyl carbamates (subject to hydrolysis) is 1. The van der Waals surface area contributed by atoms with E-state index < -0.39 is 29.9 Å². The first kappa shape index (κ1) is 50.9. The number of Topliss-reactive ketones (excluding diaryl/α,β-unsaturated/α-hetero) is 1. The van der Waals surface area contributed by atoms with Gasteiger partial charge in [0.05, 0.1) is 23.5 Å². The second kappa shape index (κ2) is 31.7. The van der Waals surface area contributed by atoms with E-state index in [9.17, 15) is 24.0 Å². The Bertz CT molecular complexity index is 811. The van der Waals surface area contributed by atoms with Crippen LogP contribution in [0, 0.1) is 11.3 Å². The number of carbonyl (C=O) groups is 5. The van der Waals surface area contributed by atoms with Gasteiger partial charge in [0.25, 0.3) is 5.91 Å². The lowest BCUT2D eigenvalue weighted by atomic mass is 9.83. The molecule has 1 saturated carbocycles. The van der Waals surface area contributed by atoms with Crippen LogP contribution in [0.1, 0.15) is 134 Å². The van der Waals surface area contributed by atoms with E-state index in [2.05, 4.69) is 31.4 Å². The van der Waals surface area contributed by atoms with E-state index in [1.54, 1.807) is 0 Å². The zero-order chi connectivity index (χ0) is 36.9. The molecule has 2 aliphatic rings. The number of ketones is 1. The Balaban J connectivity index is -0.000000273. The SMILES string of the molecule is CC.CC(NC(=O)C1CCCN1C)C(=O)C(N)=O.CCC.CCC(C)OC(=O)NC(C=O)C(C)(C)CC.CCCC1CC1.ClCCl. The molecule has 1 aliphatic carbocycles. The van der Waals surface area contributed by atoms with E-state index in [-0.39, 0.29) is 28.8 Å². The van der Waals surface area contributed by atoms with Crippen LogP contribution < -0.4 is 16.4 Å². The van der Waals surface area contributed by atoms with Gasteiger partial charge in [0, 0.05) is 0 Å². The maximum absolute atomic E-state index is 11.7. The summed E-state index contributed by atoms with van der Waals surface area (Å²) in [5.74, 6) is -0.862. The highest BCUT2D eigenvalue weighted by Gasteiger charge is 2.31. The summed E-state index contributed by atoms with van der Waals surface area (Å²) < 4.78 is 5.06. The van der Waals surface area contributed by atoms with E-state index in [0.29, 0.717) is 0 Å². The Morgan fingerprint density at radius 2 is 1.50 bits per heavy atom. The molecule has 1 heterocycles. The molecule has 0 aromatic carbocycles. The Morgan fingerprint density at radius 3 is 1.80 bits per heavy atom. The molecule has 12 heteroatoms. The summed E-state index contributed by atoms with van der Waals surface area (Å²) in [7, 11) is 1.86. The Labute approximate surface area is 291 Å². The Hall–Kier alpha value is -1.91. The van der Waals surface area contributed by atoms with Crippen molar-refractivity contribution < 1.29 is 28.7 Å². The zero-order valence-corrected chi connectivity index (χ0v) is 32.5. The lowest BCUT2D eigenvalue weighted by Crippen LogP contribution is -2.49. The predicted octanol–water partition coefficient (Wildman–Crippen LogP) is 7.22. The van der Waals surface area contributed by atoms with Crippen LogP contribution in [-0.4, -0.2) is 78.0 Å². The number of amides is 3. The summed E-state index contributed by atoms with van der Waals surface area (Å²) in [6.07, 6.45) is 10.6. The van der Waals surface area contributed by atoms with Crippen LogP contribution in [0.4, 0.5) is 4.79 Å². The number of nitrogens with two attached hydrogens (primary N) is 1. The third-order valence-corrected chi connectivity index (χ3v) is 7.26. The molecule has 10 nitrogen and oxygen atoms in total. The van der Waals surface area contributed by atoms with Crippen molar-refractivity contribution in [3.63, 3.8) is 0 Å². The first-order valence-electron chi connectivity index (χ1n) is 16.9. The van der Waals surface area contributed by atoms with Crippen molar-refractivity contribution in [2.24, 2.45) is 17.1 Å². The van der Waals surface area contributed by atoms with Crippen LogP contribution in [0.2, 0.25) is 0 Å². The number of rotatable bonds is 12. The summed E-state index contributed by atoms with van der Waals surface area (Å²) in [6, 6.07) is -1.56. The molecule has 3 amide bonds. The number of likely N-dealkylation sites (tertiary alicyclic amines) is 1. The number of ether oxygens (including phenoxy) is 1. The second-order valence-corrected chi connectivity index (χ2v) is 12.7. The summed E-state index contributed by atoms with van der Waals surface area (Å²) in [6.45, 7) is 22.5. The van der Waals surface area contributed by atoms with Crippen molar-refractivity contribution >= 4 is 53.2 Å². The van der Waals surface area contributed by atoms with Crippen molar-refractivity contribution in [1.82, 2.24) is 15.5 Å². The second-order valence-electron chi connectivity index (χ2n) is 11.9. The highest BCUT2D eigenvalue weighted by atomic mass is 35.5. The average molecular weight is 700 g/mol. The Kier molecular flexibility index (Phi) is 35.1. The minimum atomic E-state index is -1.02. The third kappa shape index (κ3) is 27.2. The molecule has 0 aromatic heterocycles. The number of aldehydes is 1. The van der Waals surface area contributed by atoms with Crippen LogP contribution in [-0.2, 0) is 23.9 Å². The zero-order valence-electron chi connectivity index (χ0n) is 31.0. The molecule has 4 N–H and O–H groups in total. The minimum Gasteiger partial charge on any atom is -0.447 e. The number of nitrogens with zero attached hydrogens (tertiary/aromatic N) is 1. The highest BCUT2D eigenvalue weighted by Crippen LogP contribution is 2.33. The van der Waals surface area contributed by atoms with Gasteiger partial charge in [-0.2, -0.15) is 0 Å². The van der Waals surface area contributed by atoms with Gasteiger partial charge in [0.2, 0.25) is 11.7 Å². The number of hydrogen-bond acceptors (Lipinski definition) is 7. The number of alkyl halides is 2. The fourth-order valence-corrected chi connectivity index (χ4v) is 3.71. The van der Waals surface area contributed by atoms with Crippen molar-refractivity contribution in [1.29, 1.82) is 0 Å². The van der Waals surface area contributed by atoms with E-state index in [1.165, 1.54) is 39.0 Å². The maximum atomic E-state index is 11.7. The summed E-state index contributed by atoms with van der Waals surface area (Å²) in [5.41, 5.74) is 4.59. The van der Waals surface area contributed by atoms with Crippen LogP contribution in [0.5, 0.6) is 0 Å². The molecular weight excluding hydrogens is 631 g/mol. The summed E-state index contributed by atoms with van der Waals surface area (Å²) >= 11 is 9.53. The van der Waals surface area contributed by atoms with Gasteiger partial charge in [-0.15, -0.1) is 23.2 Å². The normalized spacial score (nSPS) is 16.9. The first-order chi connectivity index (χ1) is 21.6. The molecule has 0 aromatic rings. The number of carbonyl (C=O) groups excluding carboxylic acids is 5. The quantitative estimate of drug-likeness (QED) is 0.111. The molecule has 46 heavy (non-hydrogen) atoms. The topological polar surface area (TPSA) is 148 Å². The van der Waals surface area contributed by atoms with Crippen molar-refractivity contribution in [2.75, 3.05) is 18.9 Å². The van der Waals surface area contributed by atoms with Gasteiger partial charge in [0.15, 0.2) is 0 Å². The molecule has 1 saturated heterocycles. The van der Waals surface area contributed by atoms with Crippen LogP contribution >= 0.6 is 23.2 Å². The number of primary amides is 1. The minimum absolute atomic E-state index is 0.128. The van der Waals surface area contributed by atoms with Gasteiger partial charge < -0.3 is 25.9 Å². The maximum Gasteiger partial charge on any atom is 0.407 e. The molecule has 0 radical (unpaired) electrons. The van der Waals surface area contributed by atoms with E-state index in [1.807, 2.05) is 60.4 Å². The molecule has 4 atom stereocenters. The molecular formula is C34H68Cl2N4O6. The van der Waals surface area contributed by atoms with E-state index >= 15 is 0 Å². The van der Waals surface area contributed by atoms with Crippen LogP contribution in [0.3, 0.4) is 0 Å². The number of likely N-dealkylation sites (N-methyl/N-ethyl adjacent to an activating group) is 1. The van der Waals surface area contributed by atoms with Gasteiger partial charge in [0.1, 0.15) is 12.4 Å².